The Morgan fingerprint density at radius 1 is 1.05 bits per heavy atom. The van der Waals surface area contributed by atoms with E-state index < -0.39 is 0 Å². The highest BCUT2D eigenvalue weighted by Crippen LogP contribution is 2.19. The van der Waals surface area contributed by atoms with Crippen molar-refractivity contribution in [2.75, 3.05) is 0 Å². The number of hydrogen-bond donors (Lipinski definition) is 2. The zero-order valence-electron chi connectivity index (χ0n) is 12.5. The van der Waals surface area contributed by atoms with Crippen molar-refractivity contribution in [3.8, 4) is 0 Å². The summed E-state index contributed by atoms with van der Waals surface area (Å²) in [6.45, 7) is 7.37. The molecule has 106 valence electrons. The highest BCUT2D eigenvalue weighted by atomic mass is 16.3. The van der Waals surface area contributed by atoms with Gasteiger partial charge in [-0.3, -0.25) is 0 Å². The highest BCUT2D eigenvalue weighted by molar-refractivity contribution is 5.32. The molecular weight excluding hydrogens is 246 g/mol. The van der Waals surface area contributed by atoms with Crippen molar-refractivity contribution in [3.63, 3.8) is 0 Å². The maximum atomic E-state index is 9.16. The van der Waals surface area contributed by atoms with Gasteiger partial charge < -0.3 is 10.4 Å². The molecule has 0 heterocycles. The minimum atomic E-state index is 0.0977. The van der Waals surface area contributed by atoms with Gasteiger partial charge in [-0.1, -0.05) is 48.0 Å². The molecule has 0 saturated carbocycles. The summed E-state index contributed by atoms with van der Waals surface area (Å²) in [6, 6.07) is 15.0. The molecule has 2 rings (SSSR count). The molecule has 0 amide bonds. The van der Waals surface area contributed by atoms with E-state index in [4.69, 9.17) is 5.11 Å². The van der Waals surface area contributed by atoms with E-state index in [2.05, 4.69) is 50.4 Å². The van der Waals surface area contributed by atoms with Gasteiger partial charge in [-0.25, -0.2) is 0 Å². The molecule has 0 aliphatic heterocycles. The van der Waals surface area contributed by atoms with E-state index in [9.17, 15) is 0 Å². The van der Waals surface area contributed by atoms with Crippen LogP contribution in [0.15, 0.2) is 42.5 Å². The predicted octanol–water partition coefficient (Wildman–Crippen LogP) is 3.65. The van der Waals surface area contributed by atoms with Gasteiger partial charge in [-0.05, 0) is 43.0 Å². The van der Waals surface area contributed by atoms with Crippen LogP contribution < -0.4 is 5.32 Å². The fraction of sp³-hybridized carbons (Fsp3) is 0.333. The standard InChI is InChI=1S/C18H23NO/c1-13-7-8-18(14(2)9-13)15(3)19-11-16-5-4-6-17(10-16)12-20/h4-10,15,19-20H,11-12H2,1-3H3/t15-/m0/s1. The topological polar surface area (TPSA) is 32.3 Å². The van der Waals surface area contributed by atoms with E-state index in [1.807, 2.05) is 18.2 Å². The highest BCUT2D eigenvalue weighted by Gasteiger charge is 2.08. The van der Waals surface area contributed by atoms with Crippen LogP contribution in [0.5, 0.6) is 0 Å². The molecule has 0 bridgehead atoms. The molecule has 0 unspecified atom stereocenters. The van der Waals surface area contributed by atoms with E-state index in [1.165, 1.54) is 22.3 Å². The zero-order valence-corrected chi connectivity index (χ0v) is 12.5. The van der Waals surface area contributed by atoms with Crippen LogP contribution in [0.3, 0.4) is 0 Å². The number of aryl methyl sites for hydroxylation is 2. The molecule has 0 spiro atoms. The Kier molecular flexibility index (Phi) is 4.94. The number of hydrogen-bond acceptors (Lipinski definition) is 2. The molecule has 0 aromatic heterocycles. The SMILES string of the molecule is Cc1ccc([C@H](C)NCc2cccc(CO)c2)c(C)c1. The summed E-state index contributed by atoms with van der Waals surface area (Å²) in [7, 11) is 0. The van der Waals surface area contributed by atoms with Gasteiger partial charge in [0.05, 0.1) is 6.61 Å². The average molecular weight is 269 g/mol. The Balaban J connectivity index is 2.02. The summed E-state index contributed by atoms with van der Waals surface area (Å²) in [5, 5.41) is 12.7. The van der Waals surface area contributed by atoms with Crippen LogP contribution >= 0.6 is 0 Å². The van der Waals surface area contributed by atoms with E-state index in [0.29, 0.717) is 6.04 Å². The first kappa shape index (κ1) is 14.8. The predicted molar refractivity (Wildman–Crippen MR) is 83.5 cm³/mol. The largest absolute Gasteiger partial charge is 0.392 e. The lowest BCUT2D eigenvalue weighted by molar-refractivity contribution is 0.281. The second-order valence-electron chi connectivity index (χ2n) is 5.44. The minimum absolute atomic E-state index is 0.0977. The third-order valence-corrected chi connectivity index (χ3v) is 3.68. The molecule has 20 heavy (non-hydrogen) atoms. The Hall–Kier alpha value is -1.64. The number of aliphatic hydroxyl groups excluding tert-OH is 1. The maximum Gasteiger partial charge on any atom is 0.0681 e. The van der Waals surface area contributed by atoms with Crippen molar-refractivity contribution in [3.05, 3.63) is 70.3 Å². The Bertz CT molecular complexity index is 577. The number of aliphatic hydroxyl groups is 1. The summed E-state index contributed by atoms with van der Waals surface area (Å²) in [4.78, 5) is 0. The lowest BCUT2D eigenvalue weighted by atomic mass is 10.00. The first-order valence-corrected chi connectivity index (χ1v) is 7.09. The molecule has 0 radical (unpaired) electrons. The number of rotatable bonds is 5. The molecule has 0 fully saturated rings. The van der Waals surface area contributed by atoms with Gasteiger partial charge in [-0.15, -0.1) is 0 Å². The van der Waals surface area contributed by atoms with Crippen LogP contribution in [0.1, 0.15) is 40.8 Å². The van der Waals surface area contributed by atoms with Crippen LogP contribution in [-0.4, -0.2) is 5.11 Å². The second-order valence-corrected chi connectivity index (χ2v) is 5.44. The molecule has 2 aromatic rings. The lowest BCUT2D eigenvalue weighted by Gasteiger charge is -2.17. The van der Waals surface area contributed by atoms with Crippen LogP contribution in [0.4, 0.5) is 0 Å². The quantitative estimate of drug-likeness (QED) is 0.868. The molecule has 0 saturated heterocycles. The van der Waals surface area contributed by atoms with Gasteiger partial charge in [0.1, 0.15) is 0 Å². The lowest BCUT2D eigenvalue weighted by Crippen LogP contribution is -2.19. The summed E-state index contributed by atoms with van der Waals surface area (Å²) in [5.41, 5.74) is 6.13. The van der Waals surface area contributed by atoms with E-state index in [-0.39, 0.29) is 6.61 Å². The fourth-order valence-electron chi connectivity index (χ4n) is 2.53. The first-order valence-electron chi connectivity index (χ1n) is 7.09. The van der Waals surface area contributed by atoms with Gasteiger partial charge in [-0.2, -0.15) is 0 Å². The second kappa shape index (κ2) is 6.69. The smallest absolute Gasteiger partial charge is 0.0681 e. The van der Waals surface area contributed by atoms with Crippen LogP contribution in [0.25, 0.3) is 0 Å². The number of benzene rings is 2. The molecule has 2 nitrogen and oxygen atoms in total. The van der Waals surface area contributed by atoms with Crippen molar-refractivity contribution in [2.24, 2.45) is 0 Å². The molecule has 2 heteroatoms. The van der Waals surface area contributed by atoms with E-state index >= 15 is 0 Å². The van der Waals surface area contributed by atoms with Gasteiger partial charge in [0.2, 0.25) is 0 Å². The van der Waals surface area contributed by atoms with Crippen molar-refractivity contribution >= 4 is 0 Å². The maximum absolute atomic E-state index is 9.16. The fourth-order valence-corrected chi connectivity index (χ4v) is 2.53. The minimum Gasteiger partial charge on any atom is -0.392 e. The zero-order chi connectivity index (χ0) is 14.5. The Morgan fingerprint density at radius 3 is 2.50 bits per heavy atom. The molecule has 0 aliphatic rings. The van der Waals surface area contributed by atoms with Crippen molar-refractivity contribution < 1.29 is 5.11 Å². The molecule has 2 N–H and O–H groups in total. The average Bonchev–Trinajstić information content (AvgIpc) is 2.45. The normalized spacial score (nSPS) is 12.4. The van der Waals surface area contributed by atoms with Crippen LogP contribution in [0, 0.1) is 13.8 Å². The van der Waals surface area contributed by atoms with Crippen LogP contribution in [0.2, 0.25) is 0 Å². The Morgan fingerprint density at radius 2 is 1.80 bits per heavy atom. The third kappa shape index (κ3) is 3.69. The van der Waals surface area contributed by atoms with Crippen LogP contribution in [-0.2, 0) is 13.2 Å². The molecular formula is C18H23NO. The van der Waals surface area contributed by atoms with E-state index in [1.54, 1.807) is 0 Å². The number of nitrogens with one attached hydrogen (secondary N) is 1. The molecule has 1 atom stereocenters. The van der Waals surface area contributed by atoms with Gasteiger partial charge in [0, 0.05) is 12.6 Å². The van der Waals surface area contributed by atoms with Crippen molar-refractivity contribution in [1.29, 1.82) is 0 Å². The van der Waals surface area contributed by atoms with Gasteiger partial charge in [0.25, 0.3) is 0 Å². The monoisotopic (exact) mass is 269 g/mol. The summed E-state index contributed by atoms with van der Waals surface area (Å²) >= 11 is 0. The summed E-state index contributed by atoms with van der Waals surface area (Å²) in [5.74, 6) is 0. The van der Waals surface area contributed by atoms with Gasteiger partial charge in [0.15, 0.2) is 0 Å². The van der Waals surface area contributed by atoms with Gasteiger partial charge >= 0.3 is 0 Å². The first-order chi connectivity index (χ1) is 9.60. The van der Waals surface area contributed by atoms with Crippen molar-refractivity contribution in [2.45, 2.75) is 40.0 Å². The van der Waals surface area contributed by atoms with Crippen molar-refractivity contribution in [1.82, 2.24) is 5.32 Å². The summed E-state index contributed by atoms with van der Waals surface area (Å²) < 4.78 is 0. The van der Waals surface area contributed by atoms with E-state index in [0.717, 1.165) is 12.1 Å². The molecule has 2 aromatic carbocycles. The Labute approximate surface area is 121 Å². The molecule has 0 aliphatic carbocycles. The summed E-state index contributed by atoms with van der Waals surface area (Å²) in [6.07, 6.45) is 0. The third-order valence-electron chi connectivity index (χ3n) is 3.68.